The van der Waals surface area contributed by atoms with Gasteiger partial charge in [0.05, 0.1) is 18.9 Å². The van der Waals surface area contributed by atoms with Crippen LogP contribution in [0.25, 0.3) is 0 Å². The van der Waals surface area contributed by atoms with E-state index in [0.717, 1.165) is 17.9 Å². The standard InChI is InChI=1S/C14H23N3O/c1-17-7-3-2-4-14(17)11-18-10-13-6-5-12(8-15)9-16-13/h5-6,9,14H,2-4,7-8,10-11,15H2,1H3. The highest BCUT2D eigenvalue weighted by atomic mass is 16.5. The first kappa shape index (κ1) is 13.5. The van der Waals surface area contributed by atoms with Gasteiger partial charge in [0.2, 0.25) is 0 Å². The highest BCUT2D eigenvalue weighted by Gasteiger charge is 2.18. The second kappa shape index (κ2) is 6.83. The number of likely N-dealkylation sites (tertiary alicyclic amines) is 1. The number of ether oxygens (including phenoxy) is 1. The van der Waals surface area contributed by atoms with E-state index in [-0.39, 0.29) is 0 Å². The minimum atomic E-state index is 0.543. The van der Waals surface area contributed by atoms with Crippen LogP contribution in [0.2, 0.25) is 0 Å². The van der Waals surface area contributed by atoms with Crippen LogP contribution < -0.4 is 5.73 Å². The van der Waals surface area contributed by atoms with Crippen molar-refractivity contribution in [2.24, 2.45) is 5.73 Å². The summed E-state index contributed by atoms with van der Waals surface area (Å²) in [6, 6.07) is 4.58. The smallest absolute Gasteiger partial charge is 0.0888 e. The average molecular weight is 249 g/mol. The van der Waals surface area contributed by atoms with Gasteiger partial charge in [0.1, 0.15) is 0 Å². The molecular weight excluding hydrogens is 226 g/mol. The Morgan fingerprint density at radius 3 is 3.00 bits per heavy atom. The molecule has 4 nitrogen and oxygen atoms in total. The summed E-state index contributed by atoms with van der Waals surface area (Å²) in [4.78, 5) is 6.73. The fraction of sp³-hybridized carbons (Fsp3) is 0.643. The molecule has 0 radical (unpaired) electrons. The van der Waals surface area contributed by atoms with Crippen LogP contribution in [0.3, 0.4) is 0 Å². The maximum absolute atomic E-state index is 5.77. The van der Waals surface area contributed by atoms with Crippen LogP contribution in [0.1, 0.15) is 30.5 Å². The lowest BCUT2D eigenvalue weighted by Crippen LogP contribution is -2.39. The Morgan fingerprint density at radius 1 is 1.44 bits per heavy atom. The summed E-state index contributed by atoms with van der Waals surface area (Å²) in [6.07, 6.45) is 5.71. The number of nitrogens with two attached hydrogens (primary N) is 1. The van der Waals surface area contributed by atoms with Gasteiger partial charge < -0.3 is 15.4 Å². The second-order valence-corrected chi connectivity index (χ2v) is 5.01. The van der Waals surface area contributed by atoms with E-state index in [0.29, 0.717) is 19.2 Å². The molecule has 1 unspecified atom stereocenters. The molecule has 2 N–H and O–H groups in total. The fourth-order valence-corrected chi connectivity index (χ4v) is 2.32. The van der Waals surface area contributed by atoms with Gasteiger partial charge in [-0.3, -0.25) is 4.98 Å². The molecule has 0 amide bonds. The van der Waals surface area contributed by atoms with Crippen molar-refractivity contribution < 1.29 is 4.74 Å². The van der Waals surface area contributed by atoms with Crippen molar-refractivity contribution in [3.8, 4) is 0 Å². The molecule has 0 spiro atoms. The van der Waals surface area contributed by atoms with Crippen molar-refractivity contribution in [1.82, 2.24) is 9.88 Å². The van der Waals surface area contributed by atoms with Crippen molar-refractivity contribution in [3.05, 3.63) is 29.6 Å². The molecule has 1 aliphatic heterocycles. The van der Waals surface area contributed by atoms with Crippen LogP contribution in [0.5, 0.6) is 0 Å². The van der Waals surface area contributed by atoms with E-state index in [1.165, 1.54) is 25.8 Å². The van der Waals surface area contributed by atoms with Gasteiger partial charge in [-0.05, 0) is 38.1 Å². The lowest BCUT2D eigenvalue weighted by Gasteiger charge is -2.32. The molecule has 0 bridgehead atoms. The van der Waals surface area contributed by atoms with Gasteiger partial charge >= 0.3 is 0 Å². The summed E-state index contributed by atoms with van der Waals surface area (Å²) in [6.45, 7) is 3.13. The molecule has 4 heteroatoms. The van der Waals surface area contributed by atoms with Gasteiger partial charge in [-0.25, -0.2) is 0 Å². The molecule has 1 aliphatic rings. The number of rotatable bonds is 5. The Balaban J connectivity index is 1.73. The number of likely N-dealkylation sites (N-methyl/N-ethyl adjacent to an activating group) is 1. The van der Waals surface area contributed by atoms with Gasteiger partial charge in [-0.2, -0.15) is 0 Å². The Labute approximate surface area is 109 Å². The lowest BCUT2D eigenvalue weighted by molar-refractivity contribution is 0.0431. The number of hydrogen-bond acceptors (Lipinski definition) is 4. The third-order valence-corrected chi connectivity index (χ3v) is 3.60. The third kappa shape index (κ3) is 3.77. The average Bonchev–Trinajstić information content (AvgIpc) is 2.42. The molecule has 1 fully saturated rings. The predicted molar refractivity (Wildman–Crippen MR) is 72.1 cm³/mol. The topological polar surface area (TPSA) is 51.4 Å². The summed E-state index contributed by atoms with van der Waals surface area (Å²) in [5, 5.41) is 0. The van der Waals surface area contributed by atoms with E-state index in [1.54, 1.807) is 0 Å². The van der Waals surface area contributed by atoms with Gasteiger partial charge in [0, 0.05) is 18.8 Å². The van der Waals surface area contributed by atoms with E-state index in [1.807, 2.05) is 18.3 Å². The molecule has 2 heterocycles. The van der Waals surface area contributed by atoms with Crippen LogP contribution >= 0.6 is 0 Å². The normalized spacial score (nSPS) is 21.1. The van der Waals surface area contributed by atoms with Gasteiger partial charge in [0.25, 0.3) is 0 Å². The minimum Gasteiger partial charge on any atom is -0.374 e. The molecule has 1 atom stereocenters. The van der Waals surface area contributed by atoms with Crippen molar-refractivity contribution in [2.45, 2.75) is 38.5 Å². The lowest BCUT2D eigenvalue weighted by atomic mass is 10.0. The summed E-state index contributed by atoms with van der Waals surface area (Å²) < 4.78 is 5.77. The molecule has 0 aliphatic carbocycles. The Bertz CT molecular complexity index is 353. The zero-order valence-electron chi connectivity index (χ0n) is 11.1. The molecule has 18 heavy (non-hydrogen) atoms. The number of aromatic nitrogens is 1. The van der Waals surface area contributed by atoms with Crippen molar-refractivity contribution in [1.29, 1.82) is 0 Å². The zero-order valence-corrected chi connectivity index (χ0v) is 11.1. The molecule has 1 saturated heterocycles. The first-order valence-corrected chi connectivity index (χ1v) is 6.71. The van der Waals surface area contributed by atoms with Crippen LogP contribution in [0.15, 0.2) is 18.3 Å². The first-order valence-electron chi connectivity index (χ1n) is 6.71. The number of hydrogen-bond donors (Lipinski definition) is 1. The van der Waals surface area contributed by atoms with E-state index in [2.05, 4.69) is 16.9 Å². The maximum Gasteiger partial charge on any atom is 0.0888 e. The van der Waals surface area contributed by atoms with Gasteiger partial charge in [-0.15, -0.1) is 0 Å². The minimum absolute atomic E-state index is 0.543. The van der Waals surface area contributed by atoms with Gasteiger partial charge in [0.15, 0.2) is 0 Å². The van der Waals surface area contributed by atoms with Crippen molar-refractivity contribution >= 4 is 0 Å². The molecule has 0 aromatic carbocycles. The molecule has 1 aromatic heterocycles. The van der Waals surface area contributed by atoms with E-state index in [4.69, 9.17) is 10.5 Å². The predicted octanol–water partition coefficient (Wildman–Crippen LogP) is 1.54. The summed E-state index contributed by atoms with van der Waals surface area (Å²) in [5.41, 5.74) is 7.57. The van der Waals surface area contributed by atoms with E-state index >= 15 is 0 Å². The first-order chi connectivity index (χ1) is 8.79. The quantitative estimate of drug-likeness (QED) is 0.860. The SMILES string of the molecule is CN1CCCCC1COCc1ccc(CN)cn1. The Morgan fingerprint density at radius 2 is 2.33 bits per heavy atom. The summed E-state index contributed by atoms with van der Waals surface area (Å²) >= 11 is 0. The largest absolute Gasteiger partial charge is 0.374 e. The highest BCUT2D eigenvalue weighted by Crippen LogP contribution is 2.15. The van der Waals surface area contributed by atoms with Crippen LogP contribution in [-0.2, 0) is 17.9 Å². The number of pyridine rings is 1. The molecule has 100 valence electrons. The molecule has 0 saturated carbocycles. The van der Waals surface area contributed by atoms with Crippen LogP contribution in [-0.4, -0.2) is 36.1 Å². The Kier molecular flexibility index (Phi) is 5.11. The monoisotopic (exact) mass is 249 g/mol. The van der Waals surface area contributed by atoms with Crippen LogP contribution in [0, 0.1) is 0 Å². The van der Waals surface area contributed by atoms with Crippen molar-refractivity contribution in [2.75, 3.05) is 20.2 Å². The molecular formula is C14H23N3O. The van der Waals surface area contributed by atoms with Crippen molar-refractivity contribution in [3.63, 3.8) is 0 Å². The molecule has 2 rings (SSSR count). The van der Waals surface area contributed by atoms with Crippen LogP contribution in [0.4, 0.5) is 0 Å². The fourth-order valence-electron chi connectivity index (χ4n) is 2.32. The molecule has 1 aromatic rings. The number of piperidine rings is 1. The summed E-state index contributed by atoms with van der Waals surface area (Å²) in [7, 11) is 2.18. The Hall–Kier alpha value is -0.970. The third-order valence-electron chi connectivity index (χ3n) is 3.60. The zero-order chi connectivity index (χ0) is 12.8. The van der Waals surface area contributed by atoms with E-state index in [9.17, 15) is 0 Å². The van der Waals surface area contributed by atoms with Gasteiger partial charge in [-0.1, -0.05) is 12.5 Å². The number of nitrogens with zero attached hydrogens (tertiary/aromatic N) is 2. The second-order valence-electron chi connectivity index (χ2n) is 5.01. The summed E-state index contributed by atoms with van der Waals surface area (Å²) in [5.74, 6) is 0. The van der Waals surface area contributed by atoms with E-state index < -0.39 is 0 Å². The highest BCUT2D eigenvalue weighted by molar-refractivity contribution is 5.13. The maximum atomic E-state index is 5.77.